The number of aliphatic hydroxyl groups is 1. The zero-order valence-corrected chi connectivity index (χ0v) is 14.1. The topological polar surface area (TPSA) is 112 Å². The molecule has 2 N–H and O–H groups in total. The third kappa shape index (κ3) is 3.24. The summed E-state index contributed by atoms with van der Waals surface area (Å²) < 4.78 is 32.8. The third-order valence-corrected chi connectivity index (χ3v) is 4.66. The summed E-state index contributed by atoms with van der Waals surface area (Å²) in [6.07, 6.45) is 0.549. The Morgan fingerprint density at radius 3 is 2.57 bits per heavy atom. The number of hydrogen-bond donors (Lipinski definition) is 2. The molecule has 0 bridgehead atoms. The lowest BCUT2D eigenvalue weighted by molar-refractivity contribution is -0.124. The average Bonchev–Trinajstić information content (AvgIpc) is 2.96. The van der Waals surface area contributed by atoms with Crippen molar-refractivity contribution in [2.24, 2.45) is 4.40 Å². The van der Waals surface area contributed by atoms with E-state index in [9.17, 15) is 18.3 Å². The van der Waals surface area contributed by atoms with Crippen LogP contribution in [-0.4, -0.2) is 44.3 Å². The molecule has 0 radical (unpaired) electrons. The van der Waals surface area contributed by atoms with Gasteiger partial charge in [-0.25, -0.2) is 0 Å². The largest absolute Gasteiger partial charge is 0.491 e. The second kappa shape index (κ2) is 6.07. The summed E-state index contributed by atoms with van der Waals surface area (Å²) in [4.78, 5) is 12.7. The first-order valence-corrected chi connectivity index (χ1v) is 8.44. The third-order valence-electron chi connectivity index (χ3n) is 3.35. The fraction of sp³-hybridized carbons (Fsp3) is 0.429. The van der Waals surface area contributed by atoms with Gasteiger partial charge in [-0.3, -0.25) is 4.79 Å². The summed E-state index contributed by atoms with van der Waals surface area (Å²) in [5.41, 5.74) is -0.204. The van der Waals surface area contributed by atoms with E-state index in [1.807, 2.05) is 6.92 Å². The quantitative estimate of drug-likeness (QED) is 0.833. The molecule has 1 atom stereocenters. The molecule has 1 aliphatic heterocycles. The number of sulfonamides is 1. The standard InChI is InChI=1S/C14H19N3O5S/c1-5-9(10-7-6-8(2)22-10)15-11-12(14(19)17(3)4)23(20,21)16-13(11)18/h6-7,9,15H,5H2,1-4H3,(H,16,18)/t9-/m1/s1. The monoisotopic (exact) mass is 341 g/mol. The highest BCUT2D eigenvalue weighted by Crippen LogP contribution is 2.27. The molecule has 0 aromatic carbocycles. The first kappa shape index (κ1) is 17.1. The van der Waals surface area contributed by atoms with Gasteiger partial charge in [-0.1, -0.05) is 6.92 Å². The predicted molar refractivity (Wildman–Crippen MR) is 84.3 cm³/mol. The van der Waals surface area contributed by atoms with Crippen molar-refractivity contribution < 1.29 is 22.7 Å². The number of aliphatic hydroxyl groups excluding tert-OH is 1. The van der Waals surface area contributed by atoms with Crippen LogP contribution in [0.3, 0.4) is 0 Å². The normalized spacial score (nSPS) is 17.8. The fourth-order valence-corrected chi connectivity index (χ4v) is 3.40. The van der Waals surface area contributed by atoms with Crippen molar-refractivity contribution in [1.82, 2.24) is 10.2 Å². The minimum atomic E-state index is -4.23. The molecular formula is C14H19N3O5S. The van der Waals surface area contributed by atoms with Gasteiger partial charge in [0.2, 0.25) is 5.90 Å². The van der Waals surface area contributed by atoms with Gasteiger partial charge >= 0.3 is 0 Å². The molecule has 1 aliphatic rings. The van der Waals surface area contributed by atoms with Crippen molar-refractivity contribution in [3.05, 3.63) is 34.3 Å². The van der Waals surface area contributed by atoms with E-state index in [1.165, 1.54) is 14.1 Å². The Kier molecular flexibility index (Phi) is 4.51. The SMILES string of the molecule is CC[C@@H](NC1=C(C(=O)N(C)C)S(=O)(=O)N=C1O)c1ccc(C)o1. The highest BCUT2D eigenvalue weighted by atomic mass is 32.2. The van der Waals surface area contributed by atoms with Gasteiger partial charge < -0.3 is 19.7 Å². The second-order valence-electron chi connectivity index (χ2n) is 5.35. The van der Waals surface area contributed by atoms with Gasteiger partial charge in [-0.2, -0.15) is 8.42 Å². The first-order valence-electron chi connectivity index (χ1n) is 7.00. The minimum absolute atomic E-state index is 0.204. The van der Waals surface area contributed by atoms with Gasteiger partial charge in [0, 0.05) is 14.1 Å². The van der Waals surface area contributed by atoms with E-state index in [0.717, 1.165) is 4.90 Å². The van der Waals surface area contributed by atoms with Gasteiger partial charge in [0.15, 0.2) is 4.91 Å². The smallest absolute Gasteiger partial charge is 0.293 e. The number of nitrogens with one attached hydrogen (secondary N) is 1. The van der Waals surface area contributed by atoms with E-state index in [0.29, 0.717) is 17.9 Å². The lowest BCUT2D eigenvalue weighted by Crippen LogP contribution is -2.31. The maximum atomic E-state index is 12.2. The molecule has 0 spiro atoms. The number of rotatable bonds is 5. The number of hydrogen-bond acceptors (Lipinski definition) is 5. The van der Waals surface area contributed by atoms with Crippen molar-refractivity contribution in [1.29, 1.82) is 0 Å². The molecule has 126 valence electrons. The van der Waals surface area contributed by atoms with Crippen LogP contribution in [0.4, 0.5) is 0 Å². The van der Waals surface area contributed by atoms with Crippen LogP contribution in [0.15, 0.2) is 31.5 Å². The molecule has 1 aromatic rings. The molecule has 0 unspecified atom stereocenters. The van der Waals surface area contributed by atoms with Gasteiger partial charge in [0.05, 0.1) is 6.04 Å². The highest BCUT2D eigenvalue weighted by Gasteiger charge is 2.39. The van der Waals surface area contributed by atoms with Crippen LogP contribution in [0.2, 0.25) is 0 Å². The van der Waals surface area contributed by atoms with Crippen molar-refractivity contribution in [2.75, 3.05) is 14.1 Å². The number of furan rings is 1. The van der Waals surface area contributed by atoms with E-state index in [2.05, 4.69) is 9.71 Å². The number of carbonyl (C=O) groups excluding carboxylic acids is 1. The Morgan fingerprint density at radius 2 is 2.09 bits per heavy atom. The van der Waals surface area contributed by atoms with E-state index in [4.69, 9.17) is 4.42 Å². The number of carbonyl (C=O) groups is 1. The summed E-state index contributed by atoms with van der Waals surface area (Å²) in [7, 11) is -1.38. The lowest BCUT2D eigenvalue weighted by Gasteiger charge is -2.18. The van der Waals surface area contributed by atoms with E-state index < -0.39 is 32.8 Å². The number of nitrogens with zero attached hydrogens (tertiary/aromatic N) is 2. The Balaban J connectivity index is 2.46. The highest BCUT2D eigenvalue weighted by molar-refractivity contribution is 7.95. The lowest BCUT2D eigenvalue weighted by atomic mass is 10.1. The summed E-state index contributed by atoms with van der Waals surface area (Å²) in [6, 6.07) is 3.12. The van der Waals surface area contributed by atoms with Gasteiger partial charge in [0.25, 0.3) is 15.9 Å². The average molecular weight is 341 g/mol. The van der Waals surface area contributed by atoms with Crippen LogP contribution in [0.1, 0.15) is 30.9 Å². The Morgan fingerprint density at radius 1 is 1.43 bits per heavy atom. The van der Waals surface area contributed by atoms with Crippen molar-refractivity contribution in [3.8, 4) is 0 Å². The van der Waals surface area contributed by atoms with Crippen LogP contribution < -0.4 is 5.32 Å². The Bertz CT molecular complexity index is 789. The van der Waals surface area contributed by atoms with Gasteiger partial charge in [-0.05, 0) is 25.5 Å². The Labute approximate surface area is 134 Å². The van der Waals surface area contributed by atoms with Crippen LogP contribution in [-0.2, 0) is 14.8 Å². The van der Waals surface area contributed by atoms with Crippen molar-refractivity contribution in [2.45, 2.75) is 26.3 Å². The van der Waals surface area contributed by atoms with E-state index in [-0.39, 0.29) is 5.70 Å². The number of amides is 1. The summed E-state index contributed by atoms with van der Waals surface area (Å²) >= 11 is 0. The summed E-state index contributed by atoms with van der Waals surface area (Å²) in [6.45, 7) is 3.65. The molecular weight excluding hydrogens is 322 g/mol. The van der Waals surface area contributed by atoms with Crippen molar-refractivity contribution in [3.63, 3.8) is 0 Å². The zero-order chi connectivity index (χ0) is 17.4. The molecule has 2 heterocycles. The predicted octanol–water partition coefficient (Wildman–Crippen LogP) is 1.23. The second-order valence-corrected chi connectivity index (χ2v) is 6.89. The van der Waals surface area contributed by atoms with Crippen molar-refractivity contribution >= 4 is 21.8 Å². The maximum absolute atomic E-state index is 12.2. The van der Waals surface area contributed by atoms with E-state index in [1.54, 1.807) is 19.1 Å². The van der Waals surface area contributed by atoms with Crippen LogP contribution in [0.5, 0.6) is 0 Å². The van der Waals surface area contributed by atoms with Crippen LogP contribution in [0, 0.1) is 6.92 Å². The summed E-state index contributed by atoms with van der Waals surface area (Å²) in [5.74, 6) is -0.204. The molecule has 0 fully saturated rings. The fourth-order valence-electron chi connectivity index (χ4n) is 2.18. The number of likely N-dealkylation sites (N-methyl/N-ethyl adjacent to an activating group) is 1. The molecule has 1 aromatic heterocycles. The molecule has 0 aliphatic carbocycles. The van der Waals surface area contributed by atoms with Crippen LogP contribution >= 0.6 is 0 Å². The van der Waals surface area contributed by atoms with Gasteiger partial charge in [0.1, 0.15) is 17.2 Å². The van der Waals surface area contributed by atoms with Crippen LogP contribution in [0.25, 0.3) is 0 Å². The molecule has 2 rings (SSSR count). The minimum Gasteiger partial charge on any atom is -0.491 e. The first-order chi connectivity index (χ1) is 10.7. The van der Waals surface area contributed by atoms with Gasteiger partial charge in [-0.15, -0.1) is 4.40 Å². The molecule has 1 amide bonds. The molecule has 0 saturated heterocycles. The molecule has 9 heteroatoms. The Hall–Kier alpha value is -2.29. The number of aryl methyl sites for hydroxylation is 1. The molecule has 8 nitrogen and oxygen atoms in total. The molecule has 23 heavy (non-hydrogen) atoms. The zero-order valence-electron chi connectivity index (χ0n) is 13.3. The van der Waals surface area contributed by atoms with E-state index >= 15 is 0 Å². The maximum Gasteiger partial charge on any atom is 0.293 e. The summed E-state index contributed by atoms with van der Waals surface area (Å²) in [5, 5.41) is 12.7. The molecule has 0 saturated carbocycles.